The van der Waals surface area contributed by atoms with Gasteiger partial charge in [-0.3, -0.25) is 14.6 Å². The summed E-state index contributed by atoms with van der Waals surface area (Å²) in [5.41, 5.74) is -7.86. The van der Waals surface area contributed by atoms with Crippen LogP contribution in [-0.2, 0) is 28.5 Å². The molecule has 52 heavy (non-hydrogen) atoms. The molecule has 5 rings (SSSR count). The third-order valence-corrected chi connectivity index (χ3v) is 8.87. The number of likely N-dealkylation sites (N-methyl/N-ethyl adjacent to an activating group) is 2. The summed E-state index contributed by atoms with van der Waals surface area (Å²) < 4.78 is 118. The second-order valence-electron chi connectivity index (χ2n) is 13.4. The van der Waals surface area contributed by atoms with E-state index in [1.807, 2.05) is 0 Å². The fourth-order valence-corrected chi connectivity index (χ4v) is 6.35. The number of aliphatic hydroxyl groups is 1. The molecule has 2 aliphatic rings. The fraction of sp³-hybridized carbons (Fsp3) is 0.412. The molecule has 280 valence electrons. The Morgan fingerprint density at radius 3 is 2.25 bits per heavy atom. The average Bonchev–Trinajstić information content (AvgIpc) is 3.00. The third-order valence-electron chi connectivity index (χ3n) is 8.87. The number of rotatable bonds is 9. The van der Waals surface area contributed by atoms with Crippen LogP contribution in [-0.4, -0.2) is 80.6 Å². The number of hydrazine groups is 1. The molecule has 2 aromatic carbocycles. The van der Waals surface area contributed by atoms with Gasteiger partial charge in [-0.15, -0.1) is 0 Å². The number of nitrogens with zero attached hydrogens (tertiary/aromatic N) is 5. The topological polar surface area (TPSA) is 111 Å². The molecule has 18 heteroatoms. The molecule has 10 nitrogen and oxygen atoms in total. The lowest BCUT2D eigenvalue weighted by atomic mass is 9.72. The van der Waals surface area contributed by atoms with Gasteiger partial charge < -0.3 is 20.1 Å². The number of aromatic nitrogens is 2. The maximum atomic E-state index is 15.5. The highest BCUT2D eigenvalue weighted by Gasteiger charge is 2.55. The molecule has 1 saturated carbocycles. The number of halogens is 8. The molecule has 1 aliphatic carbocycles. The molecular formula is C34H34F8N6O4. The van der Waals surface area contributed by atoms with Crippen LogP contribution in [0.2, 0.25) is 0 Å². The minimum Gasteiger partial charge on any atom is -0.509 e. The molecule has 2 heterocycles. The lowest BCUT2D eigenvalue weighted by Crippen LogP contribution is -2.65. The summed E-state index contributed by atoms with van der Waals surface area (Å²) in [6.07, 6.45) is -8.44. The molecule has 2 amide bonds. The van der Waals surface area contributed by atoms with E-state index < -0.39 is 93.0 Å². The number of hydrogen-bond acceptors (Lipinski definition) is 8. The van der Waals surface area contributed by atoms with Crippen molar-refractivity contribution in [1.82, 2.24) is 24.9 Å². The summed E-state index contributed by atoms with van der Waals surface area (Å²) in [6, 6.07) is 4.58. The Balaban J connectivity index is 1.50. The molecule has 1 aromatic heterocycles. The first-order chi connectivity index (χ1) is 24.1. The van der Waals surface area contributed by atoms with Crippen molar-refractivity contribution in [2.45, 2.75) is 63.1 Å². The average molecular weight is 743 g/mol. The molecule has 0 saturated heterocycles. The smallest absolute Gasteiger partial charge is 0.433 e. The number of nitrogens with one attached hydrogen (secondary N) is 1. The normalized spacial score (nSPS) is 16.8. The van der Waals surface area contributed by atoms with Crippen LogP contribution in [0.15, 0.2) is 54.1 Å². The monoisotopic (exact) mass is 742 g/mol. The van der Waals surface area contributed by atoms with E-state index >= 15 is 8.78 Å². The van der Waals surface area contributed by atoms with Gasteiger partial charge in [0.25, 0.3) is 11.8 Å². The summed E-state index contributed by atoms with van der Waals surface area (Å²) in [7, 11) is 4.97. The SMILES string of the molecule is CN(C)CC(C)(C)Oc1ccc(CN2C(=O)C(C(=O)Nc3ccc(C(F)(F)F)cc3-c3cc(C(F)(F)F)ncn3)=C(O)C3(CCC3)N2C)c(F)c1F. The predicted molar refractivity (Wildman–Crippen MR) is 170 cm³/mol. The second-order valence-corrected chi connectivity index (χ2v) is 13.4. The van der Waals surface area contributed by atoms with Gasteiger partial charge in [0.2, 0.25) is 5.82 Å². The van der Waals surface area contributed by atoms with Crippen LogP contribution in [0, 0.1) is 11.6 Å². The van der Waals surface area contributed by atoms with Gasteiger partial charge in [-0.2, -0.15) is 30.7 Å². The van der Waals surface area contributed by atoms with E-state index in [0.717, 1.165) is 11.1 Å². The van der Waals surface area contributed by atoms with Crippen LogP contribution in [0.5, 0.6) is 5.75 Å². The molecule has 1 aliphatic heterocycles. The number of aliphatic hydroxyl groups excluding tert-OH is 1. The molecular weight excluding hydrogens is 708 g/mol. The van der Waals surface area contributed by atoms with Gasteiger partial charge in [-0.05, 0) is 77.5 Å². The van der Waals surface area contributed by atoms with Gasteiger partial charge in [-0.1, -0.05) is 6.07 Å². The zero-order valence-electron chi connectivity index (χ0n) is 28.5. The Morgan fingerprint density at radius 1 is 1.00 bits per heavy atom. The molecule has 0 bridgehead atoms. The van der Waals surface area contributed by atoms with Crippen molar-refractivity contribution in [1.29, 1.82) is 0 Å². The first-order valence-corrected chi connectivity index (χ1v) is 15.8. The highest BCUT2D eigenvalue weighted by Crippen LogP contribution is 2.47. The van der Waals surface area contributed by atoms with Crippen molar-refractivity contribution in [3.63, 3.8) is 0 Å². The van der Waals surface area contributed by atoms with E-state index in [1.54, 1.807) is 32.8 Å². The van der Waals surface area contributed by atoms with Gasteiger partial charge in [0, 0.05) is 24.7 Å². The van der Waals surface area contributed by atoms with Gasteiger partial charge in [-0.25, -0.2) is 19.4 Å². The standard InChI is InChI=1S/C34H34F8N6O4/c1-31(2,16-46(3)4)52-23-10-7-18(26(35)27(23)36)15-48-30(51)25(28(49)32(47(48)5)11-6-12-32)29(50)45-21-9-8-19(33(37,38)39)13-20(21)22-14-24(34(40,41)42)44-17-43-22/h7-10,13-14,17,49H,6,11-12,15-16H2,1-5H3,(H,45,50). The highest BCUT2D eigenvalue weighted by molar-refractivity contribution is 6.24. The van der Waals surface area contributed by atoms with Crippen molar-refractivity contribution in [3.05, 3.63) is 82.5 Å². The van der Waals surface area contributed by atoms with Crippen LogP contribution in [0.4, 0.5) is 40.8 Å². The largest absolute Gasteiger partial charge is 0.509 e. The Hall–Kier alpha value is -4.84. The van der Waals surface area contributed by atoms with Crippen LogP contribution < -0.4 is 10.1 Å². The summed E-state index contributed by atoms with van der Waals surface area (Å²) >= 11 is 0. The van der Waals surface area contributed by atoms with Crippen molar-refractivity contribution >= 4 is 17.5 Å². The number of alkyl halides is 6. The Morgan fingerprint density at radius 2 is 1.67 bits per heavy atom. The Kier molecular flexibility index (Phi) is 10.1. The molecule has 1 spiro atoms. The van der Waals surface area contributed by atoms with E-state index in [1.165, 1.54) is 24.2 Å². The molecule has 2 N–H and O–H groups in total. The molecule has 0 atom stereocenters. The van der Waals surface area contributed by atoms with E-state index in [-0.39, 0.29) is 24.2 Å². The predicted octanol–water partition coefficient (Wildman–Crippen LogP) is 6.74. The third kappa shape index (κ3) is 7.39. The summed E-state index contributed by atoms with van der Waals surface area (Å²) in [5, 5.41) is 15.8. The maximum Gasteiger partial charge on any atom is 0.433 e. The number of anilines is 1. The van der Waals surface area contributed by atoms with E-state index in [9.17, 15) is 41.0 Å². The van der Waals surface area contributed by atoms with E-state index in [2.05, 4.69) is 15.3 Å². The molecule has 0 unspecified atom stereocenters. The number of ether oxygens (including phenoxy) is 1. The first-order valence-electron chi connectivity index (χ1n) is 15.8. The van der Waals surface area contributed by atoms with Crippen molar-refractivity contribution in [2.75, 3.05) is 33.0 Å². The zero-order chi connectivity index (χ0) is 38.6. The number of carbonyl (C=O) groups excluding carboxylic acids is 2. The molecule has 0 radical (unpaired) electrons. The number of hydrogen-bond donors (Lipinski definition) is 2. The van der Waals surface area contributed by atoms with Crippen molar-refractivity contribution in [3.8, 4) is 17.0 Å². The zero-order valence-corrected chi connectivity index (χ0v) is 28.5. The summed E-state index contributed by atoms with van der Waals surface area (Å²) in [5.74, 6) is -6.19. The first kappa shape index (κ1) is 38.4. The van der Waals surface area contributed by atoms with Gasteiger partial charge in [0.05, 0.1) is 29.0 Å². The fourth-order valence-electron chi connectivity index (χ4n) is 6.35. The second kappa shape index (κ2) is 13.6. The van der Waals surface area contributed by atoms with Crippen LogP contribution in [0.1, 0.15) is 49.9 Å². The number of amides is 2. The quantitative estimate of drug-likeness (QED) is 0.183. The van der Waals surface area contributed by atoms with Crippen molar-refractivity contribution < 1.29 is 54.6 Å². The lowest BCUT2D eigenvalue weighted by molar-refractivity contribution is -0.172. The van der Waals surface area contributed by atoms with E-state index in [0.29, 0.717) is 37.5 Å². The van der Waals surface area contributed by atoms with Crippen molar-refractivity contribution in [2.24, 2.45) is 0 Å². The number of carbonyl (C=O) groups is 2. The highest BCUT2D eigenvalue weighted by atomic mass is 19.4. The Labute approximate surface area is 292 Å². The summed E-state index contributed by atoms with van der Waals surface area (Å²) in [6.45, 7) is 3.12. The molecule has 3 aromatic rings. The molecule has 1 fully saturated rings. The lowest BCUT2D eigenvalue weighted by Gasteiger charge is -2.54. The maximum absolute atomic E-state index is 15.5. The van der Waals surface area contributed by atoms with Crippen LogP contribution in [0.25, 0.3) is 11.3 Å². The van der Waals surface area contributed by atoms with Gasteiger partial charge in [0.15, 0.2) is 11.6 Å². The minimum atomic E-state index is -4.99. The summed E-state index contributed by atoms with van der Waals surface area (Å²) in [4.78, 5) is 36.3. The van der Waals surface area contributed by atoms with Gasteiger partial charge in [0.1, 0.15) is 29.0 Å². The van der Waals surface area contributed by atoms with Crippen LogP contribution in [0.3, 0.4) is 0 Å². The van der Waals surface area contributed by atoms with Gasteiger partial charge >= 0.3 is 12.4 Å². The minimum absolute atomic E-state index is 0.229. The Bertz CT molecular complexity index is 1920. The number of benzene rings is 2. The van der Waals surface area contributed by atoms with E-state index in [4.69, 9.17) is 4.74 Å². The van der Waals surface area contributed by atoms with Crippen LogP contribution >= 0.6 is 0 Å².